The normalized spacial score (nSPS) is 23.4. The van der Waals surface area contributed by atoms with Crippen molar-refractivity contribution in [3.05, 3.63) is 93.2 Å². The molecule has 0 spiro atoms. The van der Waals surface area contributed by atoms with Crippen LogP contribution < -0.4 is 5.32 Å². The number of ether oxygens (including phenoxy) is 1. The van der Waals surface area contributed by atoms with Crippen LogP contribution in [0.2, 0.25) is 0 Å². The SMILES string of the molecule is C[C@@H](O[C@H]1CCN(C(=O)[C@H]2CC[C@H](NC(=O)c3cccs3)CC2)C[C@H]1c1ccccc1)c1cc(C(F)(F)F)cc(C(F)(F)F)c1. The summed E-state index contributed by atoms with van der Waals surface area (Å²) in [5.74, 6) is -0.626. The molecular weight excluding hydrogens is 618 g/mol. The number of nitrogens with one attached hydrogen (secondary N) is 1. The van der Waals surface area contributed by atoms with E-state index in [2.05, 4.69) is 5.32 Å². The molecular formula is C33H34F6N2O3S. The van der Waals surface area contributed by atoms with E-state index in [4.69, 9.17) is 4.74 Å². The van der Waals surface area contributed by atoms with Gasteiger partial charge >= 0.3 is 12.4 Å². The van der Waals surface area contributed by atoms with Crippen LogP contribution in [0.15, 0.2) is 66.0 Å². The van der Waals surface area contributed by atoms with E-state index in [-0.39, 0.29) is 41.3 Å². The average Bonchev–Trinajstić information content (AvgIpc) is 3.56. The van der Waals surface area contributed by atoms with Crippen LogP contribution in [-0.4, -0.2) is 41.9 Å². The number of carbonyl (C=O) groups is 2. The minimum absolute atomic E-state index is 0.00458. The van der Waals surface area contributed by atoms with E-state index >= 15 is 0 Å². The Morgan fingerprint density at radius 2 is 1.53 bits per heavy atom. The fourth-order valence-electron chi connectivity index (χ4n) is 6.28. The first-order valence-electron chi connectivity index (χ1n) is 14.9. The second kappa shape index (κ2) is 13.5. The molecule has 2 amide bonds. The molecule has 2 aliphatic rings. The highest BCUT2D eigenvalue weighted by Crippen LogP contribution is 2.40. The van der Waals surface area contributed by atoms with E-state index in [1.165, 1.54) is 18.3 Å². The lowest BCUT2D eigenvalue weighted by atomic mass is 9.83. The molecule has 45 heavy (non-hydrogen) atoms. The van der Waals surface area contributed by atoms with Gasteiger partial charge in [-0.1, -0.05) is 36.4 Å². The molecule has 5 nitrogen and oxygen atoms in total. The van der Waals surface area contributed by atoms with Crippen LogP contribution in [0.25, 0.3) is 0 Å². The van der Waals surface area contributed by atoms with E-state index in [0.29, 0.717) is 62.2 Å². The fraction of sp³-hybridized carbons (Fsp3) is 0.455. The number of amides is 2. The first-order chi connectivity index (χ1) is 21.3. The molecule has 1 saturated carbocycles. The Kier molecular flexibility index (Phi) is 9.93. The van der Waals surface area contributed by atoms with Gasteiger partial charge in [0.2, 0.25) is 5.91 Å². The highest BCUT2D eigenvalue weighted by atomic mass is 32.1. The summed E-state index contributed by atoms with van der Waals surface area (Å²) in [5.41, 5.74) is -2.12. The molecule has 242 valence electrons. The van der Waals surface area contributed by atoms with Gasteiger partial charge in [0.1, 0.15) is 0 Å². The summed E-state index contributed by atoms with van der Waals surface area (Å²) in [7, 11) is 0. The zero-order valence-corrected chi connectivity index (χ0v) is 25.4. The predicted octanol–water partition coefficient (Wildman–Crippen LogP) is 8.24. The smallest absolute Gasteiger partial charge is 0.370 e. The predicted molar refractivity (Wildman–Crippen MR) is 158 cm³/mol. The number of nitrogens with zero attached hydrogens (tertiary/aromatic N) is 1. The quantitative estimate of drug-likeness (QED) is 0.262. The van der Waals surface area contributed by atoms with Crippen molar-refractivity contribution in [1.82, 2.24) is 10.2 Å². The van der Waals surface area contributed by atoms with Crippen molar-refractivity contribution in [3.63, 3.8) is 0 Å². The molecule has 2 aromatic carbocycles. The van der Waals surface area contributed by atoms with Gasteiger partial charge in [0, 0.05) is 31.0 Å². The number of piperidine rings is 1. The Morgan fingerprint density at radius 1 is 0.889 bits per heavy atom. The van der Waals surface area contributed by atoms with Crippen LogP contribution in [0.3, 0.4) is 0 Å². The van der Waals surface area contributed by atoms with Gasteiger partial charge in [-0.2, -0.15) is 26.3 Å². The van der Waals surface area contributed by atoms with E-state index in [1.54, 1.807) is 11.0 Å². The van der Waals surface area contributed by atoms with Crippen LogP contribution in [0.1, 0.15) is 83.0 Å². The number of carbonyl (C=O) groups excluding carboxylic acids is 2. The van der Waals surface area contributed by atoms with Gasteiger partial charge in [-0.3, -0.25) is 9.59 Å². The summed E-state index contributed by atoms with van der Waals surface area (Å²) >= 11 is 1.37. The topological polar surface area (TPSA) is 58.6 Å². The second-order valence-electron chi connectivity index (χ2n) is 11.7. The van der Waals surface area contributed by atoms with Crippen molar-refractivity contribution in [2.45, 2.75) is 75.5 Å². The van der Waals surface area contributed by atoms with Gasteiger partial charge < -0.3 is 15.0 Å². The van der Waals surface area contributed by atoms with Gasteiger partial charge in [0.25, 0.3) is 5.91 Å². The Balaban J connectivity index is 1.27. The number of rotatable bonds is 7. The van der Waals surface area contributed by atoms with E-state index in [9.17, 15) is 35.9 Å². The lowest BCUT2D eigenvalue weighted by Crippen LogP contribution is -2.49. The summed E-state index contributed by atoms with van der Waals surface area (Å²) in [6.45, 7) is 2.11. The van der Waals surface area contributed by atoms with Gasteiger partial charge in [-0.05, 0) is 79.8 Å². The molecule has 5 rings (SSSR count). The minimum atomic E-state index is -4.96. The third-order valence-corrected chi connectivity index (χ3v) is 9.57. The zero-order valence-electron chi connectivity index (χ0n) is 24.5. The third-order valence-electron chi connectivity index (χ3n) is 8.70. The third kappa shape index (κ3) is 8.07. The van der Waals surface area contributed by atoms with Crippen LogP contribution in [0, 0.1) is 5.92 Å². The first-order valence-corrected chi connectivity index (χ1v) is 15.8. The number of benzene rings is 2. The van der Waals surface area contributed by atoms with Crippen LogP contribution in [0.5, 0.6) is 0 Å². The maximum Gasteiger partial charge on any atom is 0.416 e. The summed E-state index contributed by atoms with van der Waals surface area (Å²) in [4.78, 5) is 28.5. The second-order valence-corrected chi connectivity index (χ2v) is 12.7. The standard InChI is InChI=1S/C33H34F6N2O3S/c1-20(23-16-24(32(34,35)36)18-25(17-23)33(37,38)39)44-28-13-14-41(19-27(28)21-6-3-2-4-7-21)31(43)22-9-11-26(12-10-22)40-30(42)29-8-5-15-45-29/h2-8,15-18,20,22,26-28H,9-14,19H2,1H3,(H,40,42)/t20-,22-,26-,27+,28+/m1/s1. The molecule has 12 heteroatoms. The first kappa shape index (κ1) is 33.0. The van der Waals surface area contributed by atoms with Crippen molar-refractivity contribution in [2.24, 2.45) is 5.92 Å². The maximum atomic E-state index is 13.6. The molecule has 3 aromatic rings. The largest absolute Gasteiger partial charge is 0.416 e. The van der Waals surface area contributed by atoms with Crippen molar-refractivity contribution < 1.29 is 40.7 Å². The number of alkyl halides is 6. The maximum absolute atomic E-state index is 13.6. The van der Waals surface area contributed by atoms with Crippen molar-refractivity contribution in [1.29, 1.82) is 0 Å². The number of hydrogen-bond acceptors (Lipinski definition) is 4. The molecule has 0 bridgehead atoms. The summed E-state index contributed by atoms with van der Waals surface area (Å²) in [6.07, 6.45) is -8.51. The molecule has 3 atom stereocenters. The monoisotopic (exact) mass is 652 g/mol. The summed E-state index contributed by atoms with van der Waals surface area (Å²) < 4.78 is 87.1. The average molecular weight is 653 g/mol. The molecule has 1 aliphatic carbocycles. The Hall–Kier alpha value is -3.38. The molecule has 2 fully saturated rings. The van der Waals surface area contributed by atoms with Gasteiger partial charge in [0.05, 0.1) is 28.2 Å². The Bertz CT molecular complexity index is 1420. The number of likely N-dealkylation sites (tertiary alicyclic amines) is 1. The number of thiophene rings is 1. The fourth-order valence-corrected chi connectivity index (χ4v) is 6.90. The van der Waals surface area contributed by atoms with E-state index < -0.39 is 35.7 Å². The lowest BCUT2D eigenvalue weighted by molar-refractivity contribution is -0.143. The van der Waals surface area contributed by atoms with Gasteiger partial charge in [-0.25, -0.2) is 0 Å². The van der Waals surface area contributed by atoms with Crippen molar-refractivity contribution in [3.8, 4) is 0 Å². The van der Waals surface area contributed by atoms with E-state index in [1.807, 2.05) is 41.8 Å². The molecule has 1 saturated heterocycles. The molecule has 1 aromatic heterocycles. The zero-order chi connectivity index (χ0) is 32.4. The molecule has 1 N–H and O–H groups in total. The van der Waals surface area contributed by atoms with Gasteiger partial charge in [-0.15, -0.1) is 11.3 Å². The van der Waals surface area contributed by atoms with E-state index in [0.717, 1.165) is 5.56 Å². The molecule has 1 aliphatic heterocycles. The van der Waals surface area contributed by atoms with Crippen LogP contribution in [-0.2, 0) is 21.9 Å². The molecule has 2 heterocycles. The number of halogens is 6. The van der Waals surface area contributed by atoms with Crippen molar-refractivity contribution >= 4 is 23.2 Å². The Labute approximate surface area is 261 Å². The summed E-state index contributed by atoms with van der Waals surface area (Å²) in [5, 5.41) is 4.90. The lowest BCUT2D eigenvalue weighted by Gasteiger charge is -2.41. The number of hydrogen-bond donors (Lipinski definition) is 1. The minimum Gasteiger partial charge on any atom is -0.370 e. The Morgan fingerprint density at radius 3 is 2.11 bits per heavy atom. The molecule has 0 radical (unpaired) electrons. The molecule has 0 unspecified atom stereocenters. The van der Waals surface area contributed by atoms with Gasteiger partial charge in [0.15, 0.2) is 0 Å². The van der Waals surface area contributed by atoms with Crippen LogP contribution in [0.4, 0.5) is 26.3 Å². The highest BCUT2D eigenvalue weighted by Gasteiger charge is 2.40. The van der Waals surface area contributed by atoms with Crippen LogP contribution >= 0.6 is 11.3 Å². The summed E-state index contributed by atoms with van der Waals surface area (Å²) in [6, 6.07) is 14.4. The highest BCUT2D eigenvalue weighted by molar-refractivity contribution is 7.12. The van der Waals surface area contributed by atoms with Crippen molar-refractivity contribution in [2.75, 3.05) is 13.1 Å².